The fourth-order valence-corrected chi connectivity index (χ4v) is 8.19. The predicted molar refractivity (Wildman–Crippen MR) is 178 cm³/mol. The minimum atomic E-state index is -0.0470. The molecule has 0 aliphatic carbocycles. The monoisotopic (exact) mass is 582 g/mol. The van der Waals surface area contributed by atoms with Crippen molar-refractivity contribution in [2.24, 2.45) is 7.05 Å². The number of benzene rings is 5. The van der Waals surface area contributed by atoms with Gasteiger partial charge in [-0.3, -0.25) is 0 Å². The molecule has 0 fully saturated rings. The molecule has 0 bridgehead atoms. The molecule has 214 valence electrons. The van der Waals surface area contributed by atoms with Crippen molar-refractivity contribution in [1.82, 2.24) is 9.25 Å². The molecule has 5 aromatic carbocycles. The van der Waals surface area contributed by atoms with Gasteiger partial charge in [0.05, 0.1) is 35.5 Å². The first-order valence-electron chi connectivity index (χ1n) is 15.6. The Hall–Kier alpha value is -5.68. The summed E-state index contributed by atoms with van der Waals surface area (Å²) >= 11 is 0. The quantitative estimate of drug-likeness (QED) is 0.189. The van der Waals surface area contributed by atoms with Crippen molar-refractivity contribution < 1.29 is 14.0 Å². The molecule has 0 spiro atoms. The van der Waals surface area contributed by atoms with E-state index in [4.69, 9.17) is 4.74 Å². The molecule has 0 radical (unpaired) electrons. The van der Waals surface area contributed by atoms with Crippen LogP contribution in [0.3, 0.4) is 0 Å². The number of para-hydroxylation sites is 1. The molecule has 2 aliphatic heterocycles. The first-order chi connectivity index (χ1) is 22.1. The number of pyridine rings is 1. The van der Waals surface area contributed by atoms with Crippen LogP contribution in [-0.2, 0) is 7.05 Å². The zero-order chi connectivity index (χ0) is 30.0. The highest BCUT2D eigenvalue weighted by atomic mass is 16.5. The van der Waals surface area contributed by atoms with E-state index in [1.807, 2.05) is 0 Å². The summed E-state index contributed by atoms with van der Waals surface area (Å²) < 4.78 is 16.3. The van der Waals surface area contributed by atoms with Crippen molar-refractivity contribution in [3.05, 3.63) is 144 Å². The summed E-state index contributed by atoms with van der Waals surface area (Å²) in [5, 5.41) is 4.99. The van der Waals surface area contributed by atoms with Gasteiger partial charge in [0.25, 0.3) is 5.65 Å². The van der Waals surface area contributed by atoms with Crippen molar-refractivity contribution in [3.63, 3.8) is 0 Å². The standard InChI is InChI=1S/C40H30N4O/c1-24-36(28-21-20-26-11-4-5-12-27(26)23-28)25(2)44-39-37-32(16-8-18-34(37)45-35-19-9-17-33(38(35)39)43(24)44)42-31-15-7-6-13-29(31)30-14-10-22-41(3)40(30)42/h4-23,39H,1-3H3/q+2. The van der Waals surface area contributed by atoms with E-state index in [0.29, 0.717) is 0 Å². The Morgan fingerprint density at radius 1 is 0.667 bits per heavy atom. The number of fused-ring (bicyclic) bond motifs is 9. The van der Waals surface area contributed by atoms with Crippen molar-refractivity contribution in [2.45, 2.75) is 19.9 Å². The van der Waals surface area contributed by atoms with E-state index in [9.17, 15) is 0 Å². The lowest BCUT2D eigenvalue weighted by atomic mass is 9.91. The molecule has 8 aromatic rings. The summed E-state index contributed by atoms with van der Waals surface area (Å²) in [5.41, 5.74) is 12.1. The minimum Gasteiger partial charge on any atom is -0.456 e. The van der Waals surface area contributed by atoms with Crippen LogP contribution in [0.25, 0.3) is 55.2 Å². The molecule has 0 saturated carbocycles. The zero-order valence-electron chi connectivity index (χ0n) is 25.3. The smallest absolute Gasteiger partial charge is 0.294 e. The summed E-state index contributed by atoms with van der Waals surface area (Å²) in [4.78, 5) is 0. The molecule has 10 rings (SSSR count). The fraction of sp³-hybridized carbons (Fsp3) is 0.100. The van der Waals surface area contributed by atoms with Gasteiger partial charge in [0.15, 0.2) is 0 Å². The number of aryl methyl sites for hydroxylation is 1. The van der Waals surface area contributed by atoms with Crippen LogP contribution in [0, 0.1) is 13.8 Å². The maximum atomic E-state index is 6.76. The first kappa shape index (κ1) is 24.7. The first-order valence-corrected chi connectivity index (χ1v) is 15.6. The van der Waals surface area contributed by atoms with Crippen LogP contribution in [0.15, 0.2) is 121 Å². The van der Waals surface area contributed by atoms with Gasteiger partial charge in [-0.15, -0.1) is 4.68 Å². The van der Waals surface area contributed by atoms with Gasteiger partial charge >= 0.3 is 0 Å². The molecular formula is C40H30N4O+2. The summed E-state index contributed by atoms with van der Waals surface area (Å²) in [6, 6.07) is 41.5. The van der Waals surface area contributed by atoms with Crippen LogP contribution < -0.4 is 14.0 Å². The molecule has 1 unspecified atom stereocenters. The Kier molecular flexibility index (Phi) is 4.78. The summed E-state index contributed by atoms with van der Waals surface area (Å²) in [5.74, 6) is 1.83. The van der Waals surface area contributed by atoms with Gasteiger partial charge in [0.1, 0.15) is 34.0 Å². The maximum Gasteiger partial charge on any atom is 0.294 e. The van der Waals surface area contributed by atoms with Crippen molar-refractivity contribution in [1.29, 1.82) is 0 Å². The molecule has 2 aliphatic rings. The van der Waals surface area contributed by atoms with E-state index < -0.39 is 0 Å². The Labute approximate surface area is 260 Å². The van der Waals surface area contributed by atoms with Gasteiger partial charge in [-0.05, 0) is 77.9 Å². The number of ether oxygens (including phenoxy) is 1. The van der Waals surface area contributed by atoms with Crippen molar-refractivity contribution in [3.8, 4) is 34.0 Å². The SMILES string of the molecule is Cc1c(-c2ccc3ccccc3c2)c(C)[n+]2n1-c1cccc3c1C2c1c(cccc1-n1c2ccccc2c2ccc[n+](C)c21)O3. The molecule has 45 heavy (non-hydrogen) atoms. The summed E-state index contributed by atoms with van der Waals surface area (Å²) in [6.45, 7) is 4.53. The third kappa shape index (κ3) is 3.12. The van der Waals surface area contributed by atoms with Crippen molar-refractivity contribution >= 4 is 32.7 Å². The Balaban J connectivity index is 1.29. The van der Waals surface area contributed by atoms with Gasteiger partial charge in [0.2, 0.25) is 11.7 Å². The molecule has 3 aromatic heterocycles. The van der Waals surface area contributed by atoms with Gasteiger partial charge in [0, 0.05) is 12.3 Å². The second-order valence-electron chi connectivity index (χ2n) is 12.4. The van der Waals surface area contributed by atoms with Gasteiger partial charge in [-0.25, -0.2) is 4.57 Å². The minimum absolute atomic E-state index is 0.0470. The Morgan fingerprint density at radius 2 is 1.38 bits per heavy atom. The van der Waals surface area contributed by atoms with E-state index in [2.05, 4.69) is 161 Å². The van der Waals surface area contributed by atoms with Gasteiger partial charge < -0.3 is 4.74 Å². The van der Waals surface area contributed by atoms with Crippen LogP contribution in [0.1, 0.15) is 28.6 Å². The number of hydrogen-bond acceptors (Lipinski definition) is 1. The third-order valence-corrected chi connectivity index (χ3v) is 10.00. The van der Waals surface area contributed by atoms with Gasteiger partial charge in [-0.1, -0.05) is 65.3 Å². The highest BCUT2D eigenvalue weighted by Gasteiger charge is 2.50. The van der Waals surface area contributed by atoms with Crippen molar-refractivity contribution in [2.75, 3.05) is 0 Å². The van der Waals surface area contributed by atoms with Gasteiger partial charge in [-0.2, -0.15) is 4.57 Å². The number of hydrogen-bond donors (Lipinski definition) is 0. The molecule has 0 amide bonds. The highest BCUT2D eigenvalue weighted by Crippen LogP contribution is 2.51. The highest BCUT2D eigenvalue weighted by molar-refractivity contribution is 6.07. The second-order valence-corrected chi connectivity index (χ2v) is 12.4. The van der Waals surface area contributed by atoms with Crippen LogP contribution in [0.4, 0.5) is 0 Å². The van der Waals surface area contributed by atoms with E-state index in [-0.39, 0.29) is 6.04 Å². The lowest BCUT2D eigenvalue weighted by molar-refractivity contribution is -0.771. The van der Waals surface area contributed by atoms with E-state index in [1.54, 1.807) is 0 Å². The number of rotatable bonds is 2. The van der Waals surface area contributed by atoms with Crippen LogP contribution in [0.2, 0.25) is 0 Å². The normalized spacial score (nSPS) is 14.5. The second kappa shape index (κ2) is 8.70. The maximum absolute atomic E-state index is 6.76. The molecule has 5 heterocycles. The lowest BCUT2D eigenvalue weighted by Crippen LogP contribution is -2.46. The largest absolute Gasteiger partial charge is 0.456 e. The Bertz CT molecular complexity index is 2570. The summed E-state index contributed by atoms with van der Waals surface area (Å²) in [6.07, 6.45) is 2.13. The predicted octanol–water partition coefficient (Wildman–Crippen LogP) is 8.18. The fourth-order valence-electron chi connectivity index (χ4n) is 8.19. The van der Waals surface area contributed by atoms with Crippen LogP contribution in [-0.4, -0.2) is 9.25 Å². The average Bonchev–Trinajstić information content (AvgIpc) is 3.68. The number of aromatic nitrogens is 4. The lowest BCUT2D eigenvalue weighted by Gasteiger charge is -2.23. The van der Waals surface area contributed by atoms with E-state index in [0.717, 1.165) is 22.8 Å². The Morgan fingerprint density at radius 3 is 2.22 bits per heavy atom. The molecule has 1 atom stereocenters. The number of nitrogens with zero attached hydrogens (tertiary/aromatic N) is 4. The molecule has 0 N–H and O–H groups in total. The molecule has 5 heteroatoms. The molecule has 5 nitrogen and oxygen atoms in total. The van der Waals surface area contributed by atoms with E-state index >= 15 is 0 Å². The summed E-state index contributed by atoms with van der Waals surface area (Å²) in [7, 11) is 2.13. The molecule has 0 saturated heterocycles. The average molecular weight is 583 g/mol. The van der Waals surface area contributed by atoms with Crippen LogP contribution in [0.5, 0.6) is 11.5 Å². The third-order valence-electron chi connectivity index (χ3n) is 10.00. The molecular weight excluding hydrogens is 552 g/mol. The zero-order valence-corrected chi connectivity index (χ0v) is 25.3. The van der Waals surface area contributed by atoms with Crippen LogP contribution >= 0.6 is 0 Å². The van der Waals surface area contributed by atoms with E-state index in [1.165, 1.54) is 66.4 Å². The topological polar surface area (TPSA) is 26.8 Å².